The summed E-state index contributed by atoms with van der Waals surface area (Å²) < 4.78 is 5.33. The van der Waals surface area contributed by atoms with Crippen molar-refractivity contribution in [3.8, 4) is 0 Å². The maximum Gasteiger partial charge on any atom is 0.0642 e. The lowest BCUT2D eigenvalue weighted by atomic mass is 10.1. The van der Waals surface area contributed by atoms with E-state index >= 15 is 0 Å². The smallest absolute Gasteiger partial charge is 0.0642 e. The molecule has 0 bridgehead atoms. The van der Waals surface area contributed by atoms with Gasteiger partial charge in [-0.3, -0.25) is 0 Å². The Hall–Kier alpha value is -0.670. The van der Waals surface area contributed by atoms with Crippen LogP contribution in [0.3, 0.4) is 0 Å². The maximum absolute atomic E-state index is 5.33. The molecule has 0 amide bonds. The fraction of sp³-hybridized carbons (Fsp3) is 0.500. The first-order valence-corrected chi connectivity index (χ1v) is 5.90. The largest absolute Gasteiger partial charge is 0.378 e. The lowest BCUT2D eigenvalue weighted by molar-refractivity contribution is 0.122. The first-order chi connectivity index (χ1) is 7.27. The molecule has 2 rings (SSSR count). The molecule has 1 unspecified atom stereocenters. The molecule has 0 aliphatic carbocycles. The molecule has 2 nitrogen and oxygen atoms in total. The number of rotatable bonds is 2. The highest BCUT2D eigenvalue weighted by atomic mass is 32.1. The normalized spacial score (nSPS) is 18.9. The lowest BCUT2D eigenvalue weighted by Crippen LogP contribution is -2.36. The van der Waals surface area contributed by atoms with Gasteiger partial charge in [-0.2, -0.15) is 12.6 Å². The SMILES string of the molecule is CC(S)c1ccc(N2CCOCC2)cc1. The molecule has 0 spiro atoms. The molecule has 1 heterocycles. The number of nitrogens with zero attached hydrogens (tertiary/aromatic N) is 1. The van der Waals surface area contributed by atoms with Crippen molar-refractivity contribution >= 4 is 18.3 Å². The molecule has 1 fully saturated rings. The van der Waals surface area contributed by atoms with Gasteiger partial charge in [0.25, 0.3) is 0 Å². The highest BCUT2D eigenvalue weighted by Crippen LogP contribution is 2.22. The van der Waals surface area contributed by atoms with Crippen LogP contribution in [0.15, 0.2) is 24.3 Å². The minimum absolute atomic E-state index is 0.309. The molecule has 82 valence electrons. The minimum atomic E-state index is 0.309. The highest BCUT2D eigenvalue weighted by Gasteiger charge is 2.10. The Morgan fingerprint density at radius 3 is 2.33 bits per heavy atom. The fourth-order valence-corrected chi connectivity index (χ4v) is 1.96. The molecule has 1 aromatic carbocycles. The van der Waals surface area contributed by atoms with E-state index in [2.05, 4.69) is 48.7 Å². The third-order valence-electron chi connectivity index (χ3n) is 2.75. The summed E-state index contributed by atoms with van der Waals surface area (Å²) in [5.74, 6) is 0. The van der Waals surface area contributed by atoms with Crippen LogP contribution in [0.5, 0.6) is 0 Å². The van der Waals surface area contributed by atoms with Gasteiger partial charge in [0, 0.05) is 24.0 Å². The molecule has 1 aliphatic heterocycles. The standard InChI is InChI=1S/C12H17NOS/c1-10(15)11-2-4-12(5-3-11)13-6-8-14-9-7-13/h2-5,10,15H,6-9H2,1H3. The Morgan fingerprint density at radius 2 is 1.80 bits per heavy atom. The monoisotopic (exact) mass is 223 g/mol. The molecule has 0 radical (unpaired) electrons. The second-order valence-electron chi connectivity index (χ2n) is 3.87. The first kappa shape index (κ1) is 10.8. The van der Waals surface area contributed by atoms with Crippen LogP contribution in [0.4, 0.5) is 5.69 Å². The van der Waals surface area contributed by atoms with Gasteiger partial charge in [0.2, 0.25) is 0 Å². The van der Waals surface area contributed by atoms with E-state index in [1.54, 1.807) is 0 Å². The van der Waals surface area contributed by atoms with Crippen LogP contribution in [-0.4, -0.2) is 26.3 Å². The average molecular weight is 223 g/mol. The van der Waals surface area contributed by atoms with Crippen molar-refractivity contribution in [2.75, 3.05) is 31.2 Å². The van der Waals surface area contributed by atoms with Crippen LogP contribution in [-0.2, 0) is 4.74 Å². The van der Waals surface area contributed by atoms with Gasteiger partial charge in [-0.25, -0.2) is 0 Å². The second-order valence-corrected chi connectivity index (χ2v) is 4.64. The summed E-state index contributed by atoms with van der Waals surface area (Å²) in [5, 5.41) is 0.309. The van der Waals surface area contributed by atoms with Gasteiger partial charge in [0.15, 0.2) is 0 Å². The van der Waals surface area contributed by atoms with E-state index in [9.17, 15) is 0 Å². The number of hydrogen-bond acceptors (Lipinski definition) is 3. The fourth-order valence-electron chi connectivity index (χ4n) is 1.79. The molecule has 3 heteroatoms. The number of ether oxygens (including phenoxy) is 1. The number of benzene rings is 1. The maximum atomic E-state index is 5.33. The quantitative estimate of drug-likeness (QED) is 0.773. The number of morpholine rings is 1. The van der Waals surface area contributed by atoms with Crippen molar-refractivity contribution in [3.63, 3.8) is 0 Å². The highest BCUT2D eigenvalue weighted by molar-refractivity contribution is 7.80. The van der Waals surface area contributed by atoms with Crippen molar-refractivity contribution in [1.29, 1.82) is 0 Å². The zero-order chi connectivity index (χ0) is 10.7. The van der Waals surface area contributed by atoms with Gasteiger partial charge >= 0.3 is 0 Å². The van der Waals surface area contributed by atoms with Gasteiger partial charge < -0.3 is 9.64 Å². The Kier molecular flexibility index (Phi) is 3.54. The summed E-state index contributed by atoms with van der Waals surface area (Å²) in [4.78, 5) is 2.36. The van der Waals surface area contributed by atoms with E-state index in [0.29, 0.717) is 5.25 Å². The number of anilines is 1. The van der Waals surface area contributed by atoms with Gasteiger partial charge in [-0.15, -0.1) is 0 Å². The van der Waals surface area contributed by atoms with Crippen LogP contribution in [0.1, 0.15) is 17.7 Å². The van der Waals surface area contributed by atoms with Crippen molar-refractivity contribution in [2.24, 2.45) is 0 Å². The summed E-state index contributed by atoms with van der Waals surface area (Å²) in [6, 6.07) is 8.66. The zero-order valence-corrected chi connectivity index (χ0v) is 9.91. The molecular formula is C12H17NOS. The molecule has 1 atom stereocenters. The van der Waals surface area contributed by atoms with E-state index in [1.807, 2.05) is 0 Å². The van der Waals surface area contributed by atoms with Crippen molar-refractivity contribution in [3.05, 3.63) is 29.8 Å². The van der Waals surface area contributed by atoms with Crippen LogP contribution >= 0.6 is 12.6 Å². The van der Waals surface area contributed by atoms with Crippen molar-refractivity contribution < 1.29 is 4.74 Å². The van der Waals surface area contributed by atoms with E-state index < -0.39 is 0 Å². The lowest BCUT2D eigenvalue weighted by Gasteiger charge is -2.29. The van der Waals surface area contributed by atoms with Crippen LogP contribution < -0.4 is 4.90 Å². The number of thiol groups is 1. The van der Waals surface area contributed by atoms with Gasteiger partial charge in [0.05, 0.1) is 13.2 Å². The molecule has 0 saturated carbocycles. The van der Waals surface area contributed by atoms with Crippen LogP contribution in [0.25, 0.3) is 0 Å². The Bertz CT molecular complexity index is 304. The van der Waals surface area contributed by atoms with E-state index in [0.717, 1.165) is 26.3 Å². The van der Waals surface area contributed by atoms with Gasteiger partial charge in [-0.05, 0) is 24.6 Å². The Balaban J connectivity index is 2.08. The van der Waals surface area contributed by atoms with E-state index in [4.69, 9.17) is 4.74 Å². The Morgan fingerprint density at radius 1 is 1.20 bits per heavy atom. The third kappa shape index (κ3) is 2.67. The summed E-state index contributed by atoms with van der Waals surface area (Å²) >= 11 is 4.42. The average Bonchev–Trinajstić information content (AvgIpc) is 2.30. The molecule has 15 heavy (non-hydrogen) atoms. The molecule has 1 saturated heterocycles. The summed E-state index contributed by atoms with van der Waals surface area (Å²) in [7, 11) is 0. The summed E-state index contributed by atoms with van der Waals surface area (Å²) in [6.45, 7) is 5.76. The van der Waals surface area contributed by atoms with E-state index in [-0.39, 0.29) is 0 Å². The van der Waals surface area contributed by atoms with Gasteiger partial charge in [0.1, 0.15) is 0 Å². The predicted molar refractivity (Wildman–Crippen MR) is 66.9 cm³/mol. The van der Waals surface area contributed by atoms with Crippen molar-refractivity contribution in [1.82, 2.24) is 0 Å². The second kappa shape index (κ2) is 4.90. The molecular weight excluding hydrogens is 206 g/mol. The number of hydrogen-bond donors (Lipinski definition) is 1. The Labute approximate surface area is 96.6 Å². The summed E-state index contributed by atoms with van der Waals surface area (Å²) in [5.41, 5.74) is 2.56. The zero-order valence-electron chi connectivity index (χ0n) is 9.02. The van der Waals surface area contributed by atoms with Crippen LogP contribution in [0, 0.1) is 0 Å². The topological polar surface area (TPSA) is 12.5 Å². The molecule has 1 aromatic rings. The van der Waals surface area contributed by atoms with Crippen LogP contribution in [0.2, 0.25) is 0 Å². The molecule has 1 aliphatic rings. The summed E-state index contributed by atoms with van der Waals surface area (Å²) in [6.07, 6.45) is 0. The van der Waals surface area contributed by atoms with Crippen molar-refractivity contribution in [2.45, 2.75) is 12.2 Å². The molecule has 0 N–H and O–H groups in total. The van der Waals surface area contributed by atoms with Gasteiger partial charge in [-0.1, -0.05) is 12.1 Å². The molecule has 0 aromatic heterocycles. The predicted octanol–water partition coefficient (Wildman–Crippen LogP) is 2.51. The first-order valence-electron chi connectivity index (χ1n) is 5.38. The third-order valence-corrected chi connectivity index (χ3v) is 3.05. The minimum Gasteiger partial charge on any atom is -0.378 e. The van der Waals surface area contributed by atoms with E-state index in [1.165, 1.54) is 11.3 Å².